The van der Waals surface area contributed by atoms with Crippen LogP contribution < -0.4 is 0 Å². The molecule has 0 saturated carbocycles. The maximum atomic E-state index is 13.2. The first-order chi connectivity index (χ1) is 15.2. The topological polar surface area (TPSA) is 98.2 Å². The molecular formula is C22H29N3O6S. The van der Waals surface area contributed by atoms with Gasteiger partial charge < -0.3 is 23.8 Å². The average molecular weight is 464 g/mol. The normalized spacial score (nSPS) is 22.3. The molecule has 0 radical (unpaired) electrons. The number of hydrogen-bond donors (Lipinski definition) is 0. The molecule has 1 aromatic carbocycles. The number of para-hydroxylation sites is 1. The summed E-state index contributed by atoms with van der Waals surface area (Å²) in [5, 5.41) is 0.513. The van der Waals surface area contributed by atoms with Gasteiger partial charge in [-0.25, -0.2) is 8.42 Å². The largest absolute Gasteiger partial charge is 0.378 e. The molecule has 0 bridgehead atoms. The van der Waals surface area contributed by atoms with Crippen molar-refractivity contribution in [3.8, 4) is 0 Å². The van der Waals surface area contributed by atoms with Crippen molar-refractivity contribution >= 4 is 32.6 Å². The van der Waals surface area contributed by atoms with Crippen molar-refractivity contribution in [2.75, 3.05) is 45.1 Å². The van der Waals surface area contributed by atoms with E-state index in [0.29, 0.717) is 50.3 Å². The van der Waals surface area contributed by atoms with Crippen molar-refractivity contribution in [1.29, 1.82) is 0 Å². The Labute approximate surface area is 187 Å². The van der Waals surface area contributed by atoms with Crippen LogP contribution >= 0.6 is 0 Å². The fourth-order valence-corrected chi connectivity index (χ4v) is 5.82. The number of amides is 2. The van der Waals surface area contributed by atoms with E-state index in [9.17, 15) is 18.0 Å². The molecular weight excluding hydrogens is 434 g/mol. The third-order valence-electron chi connectivity index (χ3n) is 5.84. The molecule has 0 N–H and O–H groups in total. The van der Waals surface area contributed by atoms with Crippen LogP contribution in [0.3, 0.4) is 0 Å². The molecule has 2 atom stereocenters. The molecule has 2 aliphatic rings. The van der Waals surface area contributed by atoms with Gasteiger partial charge in [-0.1, -0.05) is 18.2 Å². The number of nitrogens with zero attached hydrogens (tertiary/aromatic N) is 3. The SMILES string of the molecule is C[C@H]1CN(C(=O)Cn2cc(S(=O)(=O)CC(=O)N3CCOCC3)c3ccccc32)C[C@H](C)O1. The fourth-order valence-electron chi connectivity index (χ4n) is 4.36. The molecule has 2 amide bonds. The second kappa shape index (κ2) is 9.21. The van der Waals surface area contributed by atoms with Crippen molar-refractivity contribution in [2.45, 2.75) is 37.5 Å². The predicted octanol–water partition coefficient (Wildman–Crippen LogP) is 0.910. The summed E-state index contributed by atoms with van der Waals surface area (Å²) in [5.74, 6) is -1.13. The Morgan fingerprint density at radius 3 is 2.34 bits per heavy atom. The number of carbonyl (C=O) groups is 2. The van der Waals surface area contributed by atoms with Gasteiger partial charge in [0.15, 0.2) is 9.84 Å². The highest BCUT2D eigenvalue weighted by Gasteiger charge is 2.29. The number of carbonyl (C=O) groups excluding carboxylic acids is 2. The van der Waals surface area contributed by atoms with E-state index in [-0.39, 0.29) is 29.6 Å². The Balaban J connectivity index is 1.58. The molecule has 10 heteroatoms. The second-order valence-electron chi connectivity index (χ2n) is 8.45. The van der Waals surface area contributed by atoms with Gasteiger partial charge in [0.2, 0.25) is 11.8 Å². The number of hydrogen-bond acceptors (Lipinski definition) is 6. The summed E-state index contributed by atoms with van der Waals surface area (Å²) in [5.41, 5.74) is 0.646. The fraction of sp³-hybridized carbons (Fsp3) is 0.545. The summed E-state index contributed by atoms with van der Waals surface area (Å²) in [4.78, 5) is 28.9. The standard InChI is InChI=1S/C22H29N3O6S/c1-16-11-25(12-17(2)31-16)21(26)14-24-13-20(18-5-3-4-6-19(18)24)32(28,29)15-22(27)23-7-9-30-10-8-23/h3-6,13,16-17H,7-12,14-15H2,1-2H3/t16-,17-/m0/s1. The number of benzene rings is 1. The second-order valence-corrected chi connectivity index (χ2v) is 10.4. The van der Waals surface area contributed by atoms with Gasteiger partial charge in [0.25, 0.3) is 0 Å². The highest BCUT2D eigenvalue weighted by Crippen LogP contribution is 2.27. The maximum Gasteiger partial charge on any atom is 0.242 e. The van der Waals surface area contributed by atoms with Crippen LogP contribution in [0.25, 0.3) is 10.9 Å². The summed E-state index contributed by atoms with van der Waals surface area (Å²) in [6, 6.07) is 7.05. The van der Waals surface area contributed by atoms with Crippen LogP contribution in [-0.4, -0.2) is 92.0 Å². The van der Waals surface area contributed by atoms with Crippen molar-refractivity contribution in [3.63, 3.8) is 0 Å². The van der Waals surface area contributed by atoms with E-state index in [1.807, 2.05) is 13.8 Å². The van der Waals surface area contributed by atoms with E-state index < -0.39 is 21.5 Å². The number of rotatable bonds is 5. The average Bonchev–Trinajstić information content (AvgIpc) is 3.13. The zero-order valence-corrected chi connectivity index (χ0v) is 19.2. The molecule has 2 aromatic rings. The number of morpholine rings is 2. The van der Waals surface area contributed by atoms with Crippen LogP contribution in [-0.2, 0) is 35.4 Å². The van der Waals surface area contributed by atoms with Crippen LogP contribution in [0.2, 0.25) is 0 Å². The molecule has 32 heavy (non-hydrogen) atoms. The molecule has 0 aliphatic carbocycles. The number of sulfone groups is 1. The van der Waals surface area contributed by atoms with Crippen molar-refractivity contribution < 1.29 is 27.5 Å². The summed E-state index contributed by atoms with van der Waals surface area (Å²) < 4.78 is 39.0. The lowest BCUT2D eigenvalue weighted by molar-refractivity contribution is -0.143. The monoisotopic (exact) mass is 463 g/mol. The van der Waals surface area contributed by atoms with E-state index in [1.165, 1.54) is 11.1 Å². The quantitative estimate of drug-likeness (QED) is 0.654. The Morgan fingerprint density at radius 1 is 1.00 bits per heavy atom. The minimum atomic E-state index is -3.89. The highest BCUT2D eigenvalue weighted by atomic mass is 32.2. The first-order valence-corrected chi connectivity index (χ1v) is 12.5. The molecule has 174 valence electrons. The van der Waals surface area contributed by atoms with Crippen LogP contribution in [0.15, 0.2) is 35.4 Å². The Morgan fingerprint density at radius 2 is 1.66 bits per heavy atom. The molecule has 2 saturated heterocycles. The van der Waals surface area contributed by atoms with Crippen molar-refractivity contribution in [3.05, 3.63) is 30.5 Å². The molecule has 3 heterocycles. The van der Waals surface area contributed by atoms with Gasteiger partial charge >= 0.3 is 0 Å². The predicted molar refractivity (Wildman–Crippen MR) is 118 cm³/mol. The Hall–Kier alpha value is -2.43. The van der Waals surface area contributed by atoms with Crippen LogP contribution in [0.4, 0.5) is 0 Å². The lowest BCUT2D eigenvalue weighted by Gasteiger charge is -2.35. The molecule has 2 fully saturated rings. The molecule has 0 unspecified atom stereocenters. The first-order valence-electron chi connectivity index (χ1n) is 10.8. The van der Waals surface area contributed by atoms with E-state index in [1.54, 1.807) is 33.7 Å². The molecule has 4 rings (SSSR count). The van der Waals surface area contributed by atoms with Gasteiger partial charge in [0, 0.05) is 43.3 Å². The lowest BCUT2D eigenvalue weighted by atomic mass is 10.2. The highest BCUT2D eigenvalue weighted by molar-refractivity contribution is 7.92. The van der Waals surface area contributed by atoms with Gasteiger partial charge in [-0.05, 0) is 19.9 Å². The van der Waals surface area contributed by atoms with Gasteiger partial charge in [0.05, 0.1) is 30.3 Å². The summed E-state index contributed by atoms with van der Waals surface area (Å²) >= 11 is 0. The zero-order valence-electron chi connectivity index (χ0n) is 18.4. The van der Waals surface area contributed by atoms with E-state index in [4.69, 9.17) is 9.47 Å². The molecule has 0 spiro atoms. The van der Waals surface area contributed by atoms with E-state index in [2.05, 4.69) is 0 Å². The minimum Gasteiger partial charge on any atom is -0.378 e. The Bertz CT molecular complexity index is 1100. The van der Waals surface area contributed by atoms with Gasteiger partial charge in [-0.15, -0.1) is 0 Å². The van der Waals surface area contributed by atoms with Gasteiger partial charge in [0.1, 0.15) is 12.3 Å². The number of fused-ring (bicyclic) bond motifs is 1. The van der Waals surface area contributed by atoms with Gasteiger partial charge in [-0.2, -0.15) is 0 Å². The van der Waals surface area contributed by atoms with Crippen LogP contribution in [0, 0.1) is 0 Å². The summed E-state index contributed by atoms with van der Waals surface area (Å²) in [7, 11) is -3.89. The molecule has 2 aliphatic heterocycles. The maximum absolute atomic E-state index is 13.2. The van der Waals surface area contributed by atoms with Crippen molar-refractivity contribution in [1.82, 2.24) is 14.4 Å². The Kier molecular flexibility index (Phi) is 6.55. The molecule has 1 aromatic heterocycles. The van der Waals surface area contributed by atoms with E-state index in [0.717, 1.165) is 0 Å². The summed E-state index contributed by atoms with van der Waals surface area (Å²) in [6.07, 6.45) is 1.38. The first kappa shape index (κ1) is 22.8. The van der Waals surface area contributed by atoms with Crippen LogP contribution in [0.1, 0.15) is 13.8 Å². The van der Waals surface area contributed by atoms with Crippen molar-refractivity contribution in [2.24, 2.45) is 0 Å². The third-order valence-corrected chi connectivity index (χ3v) is 7.46. The summed E-state index contributed by atoms with van der Waals surface area (Å²) in [6.45, 7) is 6.48. The third kappa shape index (κ3) is 4.82. The zero-order chi connectivity index (χ0) is 22.9. The number of ether oxygens (including phenoxy) is 2. The van der Waals surface area contributed by atoms with Gasteiger partial charge in [-0.3, -0.25) is 9.59 Å². The smallest absolute Gasteiger partial charge is 0.242 e. The number of aromatic nitrogens is 1. The molecule has 9 nitrogen and oxygen atoms in total. The van der Waals surface area contributed by atoms with Crippen LogP contribution in [0.5, 0.6) is 0 Å². The van der Waals surface area contributed by atoms with E-state index >= 15 is 0 Å². The minimum absolute atomic E-state index is 0.0207. The lowest BCUT2D eigenvalue weighted by Crippen LogP contribution is -2.49.